The molecule has 0 aliphatic heterocycles. The molecule has 0 bridgehead atoms. The second-order valence-corrected chi connectivity index (χ2v) is 11.9. The number of hydrogen-bond acceptors (Lipinski definition) is 8. The number of nitrogens with one attached hydrogen (secondary N) is 6. The van der Waals surface area contributed by atoms with E-state index >= 15 is 0 Å². The molecule has 2 rings (SSSR count). The number of aliphatic hydroxyl groups excluding tert-OH is 1. The van der Waals surface area contributed by atoms with Crippen molar-refractivity contribution in [2.45, 2.75) is 76.2 Å². The minimum absolute atomic E-state index is 0.0325. The summed E-state index contributed by atoms with van der Waals surface area (Å²) >= 11 is 0. The molecule has 0 fully saturated rings. The normalized spacial score (nSPS) is 14.0. The van der Waals surface area contributed by atoms with E-state index in [1.807, 2.05) is 13.8 Å². The number of carboxylic acids is 1. The maximum absolute atomic E-state index is 13.8. The number of guanidine groups is 1. The van der Waals surface area contributed by atoms with Crippen molar-refractivity contribution in [1.82, 2.24) is 26.6 Å². The van der Waals surface area contributed by atoms with Gasteiger partial charge in [0, 0.05) is 19.4 Å². The van der Waals surface area contributed by atoms with Crippen molar-refractivity contribution in [3.05, 3.63) is 71.8 Å². The van der Waals surface area contributed by atoms with Gasteiger partial charge >= 0.3 is 5.97 Å². The van der Waals surface area contributed by atoms with E-state index in [0.717, 1.165) is 5.56 Å². The third-order valence-electron chi connectivity index (χ3n) is 7.30. The zero-order valence-corrected chi connectivity index (χ0v) is 27.3. The van der Waals surface area contributed by atoms with Crippen molar-refractivity contribution in [3.63, 3.8) is 0 Å². The first kappa shape index (κ1) is 39.2. The summed E-state index contributed by atoms with van der Waals surface area (Å²) in [5, 5.41) is 39.4. The summed E-state index contributed by atoms with van der Waals surface area (Å²) in [6.45, 7) is 3.30. The molecule has 0 aliphatic carbocycles. The average Bonchev–Trinajstić information content (AvgIpc) is 3.05. The standard InChI is InChI=1S/C33H48N8O7/c1-20(2)16-25(40-31(46)26(39-28(43)23(34)19-42)17-21-10-5-3-6-11-21)29(44)41-27(18-22-12-7-4-8-13-22)30(45)38-24(32(47)48)14-9-15-37-33(35)36/h3-8,10-13,20,23-27,42H,9,14-19,34H2,1-2H3,(H,38,45)(H,39,43)(H,40,46)(H,41,44)(H,47,48)(H4,35,36,37)/t23-,24-,25-,26-,27-/m0/s1. The largest absolute Gasteiger partial charge is 0.480 e. The minimum atomic E-state index is -1.28. The molecular formula is C33H48N8O7. The van der Waals surface area contributed by atoms with Gasteiger partial charge in [-0.15, -0.1) is 0 Å². The van der Waals surface area contributed by atoms with Crippen LogP contribution < -0.4 is 38.1 Å². The number of hydrogen-bond donors (Lipinski definition) is 10. The van der Waals surface area contributed by atoms with Crippen LogP contribution in [0.15, 0.2) is 60.7 Å². The topological polar surface area (TPSA) is 262 Å². The number of carbonyl (C=O) groups is 5. The average molecular weight is 669 g/mol. The Kier molecular flexibility index (Phi) is 16.5. The number of benzene rings is 2. The first-order chi connectivity index (χ1) is 22.8. The third-order valence-corrected chi connectivity index (χ3v) is 7.30. The van der Waals surface area contributed by atoms with Gasteiger partial charge in [-0.1, -0.05) is 74.5 Å². The van der Waals surface area contributed by atoms with Crippen LogP contribution in [0.2, 0.25) is 0 Å². The maximum atomic E-state index is 13.8. The fourth-order valence-electron chi connectivity index (χ4n) is 4.79. The number of amides is 4. The summed E-state index contributed by atoms with van der Waals surface area (Å²) < 4.78 is 0. The molecule has 0 radical (unpaired) electrons. The summed E-state index contributed by atoms with van der Waals surface area (Å²) in [6, 6.07) is 11.7. The van der Waals surface area contributed by atoms with Crippen molar-refractivity contribution >= 4 is 35.6 Å². The van der Waals surface area contributed by atoms with E-state index < -0.39 is 66.4 Å². The van der Waals surface area contributed by atoms with Crippen LogP contribution in [0.25, 0.3) is 0 Å². The second-order valence-electron chi connectivity index (χ2n) is 11.9. The van der Waals surface area contributed by atoms with E-state index in [2.05, 4.69) is 26.6 Å². The fraction of sp³-hybridized carbons (Fsp3) is 0.455. The predicted molar refractivity (Wildman–Crippen MR) is 179 cm³/mol. The quantitative estimate of drug-likeness (QED) is 0.0473. The van der Waals surface area contributed by atoms with E-state index in [4.69, 9.17) is 16.9 Å². The van der Waals surface area contributed by atoms with Crippen LogP contribution in [-0.2, 0) is 36.8 Å². The van der Waals surface area contributed by atoms with Gasteiger partial charge in [-0.05, 0) is 36.3 Å². The van der Waals surface area contributed by atoms with Crippen LogP contribution in [-0.4, -0.2) is 89.1 Å². The van der Waals surface area contributed by atoms with Gasteiger partial charge in [0.25, 0.3) is 0 Å². The fourth-order valence-corrected chi connectivity index (χ4v) is 4.79. The highest BCUT2D eigenvalue weighted by molar-refractivity contribution is 5.95. The molecule has 0 saturated carbocycles. The molecule has 15 nitrogen and oxygen atoms in total. The van der Waals surface area contributed by atoms with Gasteiger partial charge in [0.2, 0.25) is 23.6 Å². The van der Waals surface area contributed by atoms with E-state index in [0.29, 0.717) is 12.0 Å². The smallest absolute Gasteiger partial charge is 0.326 e. The highest BCUT2D eigenvalue weighted by atomic mass is 16.4. The second kappa shape index (κ2) is 20.3. The highest BCUT2D eigenvalue weighted by Gasteiger charge is 2.32. The lowest BCUT2D eigenvalue weighted by atomic mass is 9.99. The van der Waals surface area contributed by atoms with Crippen molar-refractivity contribution in [2.24, 2.45) is 17.4 Å². The molecule has 15 heteroatoms. The Balaban J connectivity index is 2.29. The maximum Gasteiger partial charge on any atom is 0.326 e. The van der Waals surface area contributed by atoms with Crippen LogP contribution in [0.5, 0.6) is 0 Å². The van der Waals surface area contributed by atoms with E-state index in [1.165, 1.54) is 0 Å². The van der Waals surface area contributed by atoms with Crippen molar-refractivity contribution in [3.8, 4) is 0 Å². The Morgan fingerprint density at radius 1 is 0.729 bits per heavy atom. The molecule has 12 N–H and O–H groups in total. The van der Waals surface area contributed by atoms with Crippen molar-refractivity contribution < 1.29 is 34.2 Å². The summed E-state index contributed by atoms with van der Waals surface area (Å²) in [7, 11) is 0. The summed E-state index contributed by atoms with van der Waals surface area (Å²) in [6.07, 6.45) is 0.613. The number of nitrogens with two attached hydrogens (primary N) is 2. The van der Waals surface area contributed by atoms with E-state index in [-0.39, 0.29) is 44.1 Å². The van der Waals surface area contributed by atoms with Gasteiger partial charge in [0.05, 0.1) is 6.61 Å². The van der Waals surface area contributed by atoms with Crippen molar-refractivity contribution in [1.29, 1.82) is 5.41 Å². The number of carbonyl (C=O) groups excluding carboxylic acids is 4. The zero-order chi connectivity index (χ0) is 35.6. The van der Waals surface area contributed by atoms with Crippen LogP contribution in [0.3, 0.4) is 0 Å². The summed E-state index contributed by atoms with van der Waals surface area (Å²) in [5.41, 5.74) is 12.4. The number of aliphatic carboxylic acids is 1. The molecule has 2 aromatic carbocycles. The first-order valence-electron chi connectivity index (χ1n) is 15.8. The molecule has 0 saturated heterocycles. The van der Waals surface area contributed by atoms with E-state index in [1.54, 1.807) is 60.7 Å². The number of rotatable bonds is 20. The Bertz CT molecular complexity index is 1360. The highest BCUT2D eigenvalue weighted by Crippen LogP contribution is 2.11. The first-order valence-corrected chi connectivity index (χ1v) is 15.8. The lowest BCUT2D eigenvalue weighted by Gasteiger charge is -2.27. The third kappa shape index (κ3) is 14.2. The van der Waals surface area contributed by atoms with Crippen LogP contribution in [0.1, 0.15) is 44.2 Å². The van der Waals surface area contributed by atoms with Gasteiger partial charge in [0.15, 0.2) is 5.96 Å². The van der Waals surface area contributed by atoms with Gasteiger partial charge in [-0.3, -0.25) is 24.6 Å². The molecule has 48 heavy (non-hydrogen) atoms. The number of carboxylic acid groups (broad SMARTS) is 1. The van der Waals surface area contributed by atoms with Crippen LogP contribution in [0, 0.1) is 11.3 Å². The molecule has 4 amide bonds. The van der Waals surface area contributed by atoms with Gasteiger partial charge < -0.3 is 48.3 Å². The Morgan fingerprint density at radius 2 is 1.17 bits per heavy atom. The lowest BCUT2D eigenvalue weighted by molar-refractivity contribution is -0.142. The lowest BCUT2D eigenvalue weighted by Crippen LogP contribution is -2.59. The van der Waals surface area contributed by atoms with E-state index in [9.17, 15) is 34.2 Å². The molecule has 262 valence electrons. The van der Waals surface area contributed by atoms with Crippen molar-refractivity contribution in [2.75, 3.05) is 13.2 Å². The summed E-state index contributed by atoms with van der Waals surface area (Å²) in [5.74, 6) is -4.44. The Morgan fingerprint density at radius 3 is 1.60 bits per heavy atom. The van der Waals surface area contributed by atoms with Gasteiger partial charge in [-0.25, -0.2) is 4.79 Å². The summed E-state index contributed by atoms with van der Waals surface area (Å²) in [4.78, 5) is 65.4. The zero-order valence-electron chi connectivity index (χ0n) is 27.3. The number of aliphatic hydroxyl groups is 1. The minimum Gasteiger partial charge on any atom is -0.480 e. The van der Waals surface area contributed by atoms with Crippen LogP contribution in [0.4, 0.5) is 0 Å². The molecule has 0 unspecified atom stereocenters. The van der Waals surface area contributed by atoms with Crippen LogP contribution >= 0.6 is 0 Å². The molecule has 0 aromatic heterocycles. The van der Waals surface area contributed by atoms with Gasteiger partial charge in [-0.2, -0.15) is 0 Å². The monoisotopic (exact) mass is 668 g/mol. The predicted octanol–water partition coefficient (Wildman–Crippen LogP) is -0.875. The SMILES string of the molecule is CC(C)C[C@H](NC(=O)[C@H](Cc1ccccc1)NC(=O)[C@@H](N)CO)C(=O)N[C@@H](Cc1ccccc1)C(=O)N[C@@H](CCCNC(=N)N)C(=O)O. The Labute approximate surface area is 280 Å². The molecule has 5 atom stereocenters. The molecule has 2 aromatic rings. The molecule has 0 heterocycles. The molecular weight excluding hydrogens is 620 g/mol. The molecule has 0 spiro atoms. The Hall–Kier alpha value is -5.02. The van der Waals surface area contributed by atoms with Gasteiger partial charge in [0.1, 0.15) is 30.2 Å². The molecule has 0 aliphatic rings.